The van der Waals surface area contributed by atoms with E-state index in [1.54, 1.807) is 20.0 Å². The zero-order valence-electron chi connectivity index (χ0n) is 12.2. The van der Waals surface area contributed by atoms with Crippen molar-refractivity contribution in [3.8, 4) is 0 Å². The normalized spacial score (nSPS) is 16.6. The van der Waals surface area contributed by atoms with E-state index in [1.165, 1.54) is 12.1 Å². The van der Waals surface area contributed by atoms with Crippen molar-refractivity contribution in [1.82, 2.24) is 9.80 Å². The Labute approximate surface area is 132 Å². The fourth-order valence-electron chi connectivity index (χ4n) is 2.30. The second-order valence-corrected chi connectivity index (χ2v) is 5.46. The molecule has 0 saturated carbocycles. The summed E-state index contributed by atoms with van der Waals surface area (Å²) in [5, 5.41) is 0.282. The van der Waals surface area contributed by atoms with Crippen LogP contribution in [0.1, 0.15) is 12.5 Å². The van der Waals surface area contributed by atoms with E-state index >= 15 is 0 Å². The fraction of sp³-hybridized carbons (Fsp3) is 0.357. The highest BCUT2D eigenvalue weighted by molar-refractivity contribution is 6.44. The second kappa shape index (κ2) is 6.41. The van der Waals surface area contributed by atoms with Gasteiger partial charge in [0.15, 0.2) is 6.67 Å². The number of quaternary nitrogens is 1. The van der Waals surface area contributed by atoms with E-state index in [-0.39, 0.29) is 24.8 Å². The number of likely N-dealkylation sites (N-methyl/N-ethyl adjacent to an activating group) is 1. The van der Waals surface area contributed by atoms with Gasteiger partial charge in [-0.2, -0.15) is 0 Å². The summed E-state index contributed by atoms with van der Waals surface area (Å²) >= 11 is 5.95. The fourth-order valence-corrected chi connectivity index (χ4v) is 2.53. The van der Waals surface area contributed by atoms with Crippen molar-refractivity contribution in [3.63, 3.8) is 0 Å². The minimum Gasteiger partial charge on any atom is -0.316 e. The molecular weight excluding hydrogens is 313 g/mol. The first-order valence-corrected chi connectivity index (χ1v) is 7.16. The maximum absolute atomic E-state index is 13.7. The van der Waals surface area contributed by atoms with Gasteiger partial charge < -0.3 is 4.90 Å². The smallest absolute Gasteiger partial charge is 0.316 e. The van der Waals surface area contributed by atoms with Gasteiger partial charge in [0.25, 0.3) is 0 Å². The first-order valence-electron chi connectivity index (χ1n) is 6.78. The quantitative estimate of drug-likeness (QED) is 0.623. The van der Waals surface area contributed by atoms with Crippen LogP contribution >= 0.6 is 11.6 Å². The molecule has 1 fully saturated rings. The molecule has 1 N–H and O–H groups in total. The van der Waals surface area contributed by atoms with Crippen LogP contribution in [0.5, 0.6) is 0 Å². The van der Waals surface area contributed by atoms with Crippen LogP contribution in [0.3, 0.4) is 0 Å². The highest BCUT2D eigenvalue weighted by Gasteiger charge is 2.44. The Balaban J connectivity index is 2.09. The van der Waals surface area contributed by atoms with Crippen molar-refractivity contribution in [2.75, 3.05) is 20.3 Å². The Kier molecular flexibility index (Phi) is 4.77. The molecule has 0 spiro atoms. The predicted octanol–water partition coefficient (Wildman–Crippen LogP) is 0.262. The summed E-state index contributed by atoms with van der Waals surface area (Å²) in [7, 11) is 1.68. The average molecular weight is 329 g/mol. The molecule has 1 saturated heterocycles. The monoisotopic (exact) mass is 328 g/mol. The zero-order valence-corrected chi connectivity index (χ0v) is 13.0. The highest BCUT2D eigenvalue weighted by Crippen LogP contribution is 2.17. The van der Waals surface area contributed by atoms with Gasteiger partial charge in [0.1, 0.15) is 12.4 Å². The molecule has 0 aromatic heterocycles. The lowest BCUT2D eigenvalue weighted by atomic mass is 10.2. The van der Waals surface area contributed by atoms with Gasteiger partial charge in [0.2, 0.25) is 0 Å². The van der Waals surface area contributed by atoms with Crippen LogP contribution in [0, 0.1) is 5.82 Å². The van der Waals surface area contributed by atoms with Crippen LogP contribution in [0.4, 0.5) is 9.18 Å². The first-order chi connectivity index (χ1) is 10.4. The number of halogens is 2. The molecule has 1 aliphatic rings. The standard InChI is InChI=1S/C14H15ClFN3O3/c1-3-18-12(20)13(21)19(14(18)22)8-17(2)7-9-10(15)5-4-6-11(9)16/h4-6H,3,7-8H2,1-2H3/p+1. The number of benzene rings is 1. The second-order valence-electron chi connectivity index (χ2n) is 5.06. The van der Waals surface area contributed by atoms with Crippen LogP contribution in [-0.4, -0.2) is 47.9 Å². The molecule has 118 valence electrons. The molecule has 0 aliphatic carbocycles. The van der Waals surface area contributed by atoms with Gasteiger partial charge in [-0.1, -0.05) is 17.7 Å². The van der Waals surface area contributed by atoms with Gasteiger partial charge >= 0.3 is 17.8 Å². The van der Waals surface area contributed by atoms with Gasteiger partial charge in [-0.25, -0.2) is 14.1 Å². The maximum Gasteiger partial charge on any atom is 0.338 e. The van der Waals surface area contributed by atoms with Crippen LogP contribution < -0.4 is 4.90 Å². The van der Waals surface area contributed by atoms with E-state index in [2.05, 4.69) is 0 Å². The summed E-state index contributed by atoms with van der Waals surface area (Å²) in [5.41, 5.74) is 0.305. The summed E-state index contributed by atoms with van der Waals surface area (Å²) < 4.78 is 13.7. The molecule has 0 radical (unpaired) electrons. The summed E-state index contributed by atoms with van der Waals surface area (Å²) in [6, 6.07) is 3.73. The van der Waals surface area contributed by atoms with Crippen molar-refractivity contribution in [1.29, 1.82) is 0 Å². The third-order valence-corrected chi connectivity index (χ3v) is 3.77. The number of amides is 4. The Morgan fingerprint density at radius 1 is 1.18 bits per heavy atom. The third kappa shape index (κ3) is 2.95. The molecule has 1 aromatic rings. The lowest BCUT2D eigenvalue weighted by Crippen LogP contribution is -3.09. The van der Waals surface area contributed by atoms with E-state index in [9.17, 15) is 18.8 Å². The van der Waals surface area contributed by atoms with Crippen molar-refractivity contribution >= 4 is 29.4 Å². The van der Waals surface area contributed by atoms with Gasteiger partial charge in [0, 0.05) is 6.54 Å². The topological polar surface area (TPSA) is 62.1 Å². The number of imide groups is 2. The molecule has 2 rings (SSSR count). The van der Waals surface area contributed by atoms with Gasteiger partial charge in [-0.15, -0.1) is 0 Å². The van der Waals surface area contributed by atoms with E-state index in [0.717, 1.165) is 9.80 Å². The Morgan fingerprint density at radius 2 is 1.82 bits per heavy atom. The van der Waals surface area contributed by atoms with Crippen LogP contribution in [-0.2, 0) is 16.1 Å². The van der Waals surface area contributed by atoms with Crippen LogP contribution in [0.25, 0.3) is 0 Å². The lowest BCUT2D eigenvalue weighted by Gasteiger charge is -2.20. The Morgan fingerprint density at radius 3 is 2.36 bits per heavy atom. The minimum atomic E-state index is -0.856. The Hall–Kier alpha value is -1.99. The number of rotatable bonds is 5. The van der Waals surface area contributed by atoms with Crippen molar-refractivity contribution in [3.05, 3.63) is 34.6 Å². The lowest BCUT2D eigenvalue weighted by molar-refractivity contribution is -0.901. The minimum absolute atomic E-state index is 0.0371. The van der Waals surface area contributed by atoms with E-state index < -0.39 is 23.7 Å². The SMILES string of the molecule is CCN1C(=O)C(=O)N(C[NH+](C)Cc2c(F)cccc2Cl)C1=O. The number of urea groups is 1. The zero-order chi connectivity index (χ0) is 16.4. The predicted molar refractivity (Wildman–Crippen MR) is 76.5 cm³/mol. The molecule has 1 aromatic carbocycles. The van der Waals surface area contributed by atoms with Crippen molar-refractivity contribution in [2.45, 2.75) is 13.5 Å². The summed E-state index contributed by atoms with van der Waals surface area (Å²) in [4.78, 5) is 37.8. The summed E-state index contributed by atoms with van der Waals surface area (Å²) in [6.07, 6.45) is 0. The number of hydrogen-bond donors (Lipinski definition) is 1. The number of hydrogen-bond acceptors (Lipinski definition) is 3. The molecule has 8 heteroatoms. The van der Waals surface area contributed by atoms with Crippen LogP contribution in [0.15, 0.2) is 18.2 Å². The molecule has 1 atom stereocenters. The molecule has 4 amide bonds. The molecule has 1 heterocycles. The molecule has 22 heavy (non-hydrogen) atoms. The first kappa shape index (κ1) is 16.4. The number of carbonyl (C=O) groups is 3. The van der Waals surface area contributed by atoms with Gasteiger partial charge in [-0.05, 0) is 19.1 Å². The Bertz CT molecular complexity index is 618. The van der Waals surface area contributed by atoms with E-state index in [0.29, 0.717) is 10.5 Å². The molecule has 1 aliphatic heterocycles. The number of nitrogens with zero attached hydrogens (tertiary/aromatic N) is 2. The van der Waals surface area contributed by atoms with E-state index in [4.69, 9.17) is 11.6 Å². The molecular formula is C14H16ClFN3O3+. The molecule has 6 nitrogen and oxygen atoms in total. The van der Waals surface area contributed by atoms with Crippen molar-refractivity contribution in [2.24, 2.45) is 0 Å². The number of nitrogens with one attached hydrogen (secondary N) is 1. The number of carbonyl (C=O) groups excluding carboxylic acids is 3. The van der Waals surface area contributed by atoms with E-state index in [1.807, 2.05) is 0 Å². The van der Waals surface area contributed by atoms with Gasteiger partial charge in [0.05, 0.1) is 17.6 Å². The van der Waals surface area contributed by atoms with Crippen LogP contribution in [0.2, 0.25) is 5.02 Å². The highest BCUT2D eigenvalue weighted by atomic mass is 35.5. The summed E-state index contributed by atoms with van der Waals surface area (Å²) in [6.45, 7) is 1.90. The maximum atomic E-state index is 13.7. The third-order valence-electron chi connectivity index (χ3n) is 3.42. The average Bonchev–Trinajstić information content (AvgIpc) is 2.67. The summed E-state index contributed by atoms with van der Waals surface area (Å²) in [5.74, 6) is -2.13. The van der Waals surface area contributed by atoms with Gasteiger partial charge in [-0.3, -0.25) is 14.5 Å². The largest absolute Gasteiger partial charge is 0.338 e. The van der Waals surface area contributed by atoms with Crippen molar-refractivity contribution < 1.29 is 23.7 Å². The molecule has 1 unspecified atom stereocenters. The molecule has 0 bridgehead atoms.